The van der Waals surface area contributed by atoms with Crippen LogP contribution in [0.15, 0.2) is 53.8 Å². The second-order valence-electron chi connectivity index (χ2n) is 4.08. The molecule has 0 aliphatic rings. The molecule has 0 radical (unpaired) electrons. The Kier molecular flexibility index (Phi) is 3.60. The molecular formula is C13H12N6S. The molecule has 7 heteroatoms. The van der Waals surface area contributed by atoms with Crippen LogP contribution in [0.3, 0.4) is 0 Å². The van der Waals surface area contributed by atoms with E-state index in [0.717, 1.165) is 16.5 Å². The van der Waals surface area contributed by atoms with Gasteiger partial charge in [0.15, 0.2) is 0 Å². The van der Waals surface area contributed by atoms with Crippen LogP contribution >= 0.6 is 11.8 Å². The monoisotopic (exact) mass is 284 g/mol. The Morgan fingerprint density at radius 2 is 2.00 bits per heavy atom. The second-order valence-corrected chi connectivity index (χ2v) is 5.02. The first-order valence-electron chi connectivity index (χ1n) is 6.00. The van der Waals surface area contributed by atoms with E-state index < -0.39 is 0 Å². The highest BCUT2D eigenvalue weighted by Gasteiger charge is 2.09. The lowest BCUT2D eigenvalue weighted by Gasteiger charge is -2.04. The number of nitrogens with two attached hydrogens (primary N) is 1. The van der Waals surface area contributed by atoms with E-state index in [2.05, 4.69) is 20.5 Å². The summed E-state index contributed by atoms with van der Waals surface area (Å²) in [6.45, 7) is 0. The van der Waals surface area contributed by atoms with Gasteiger partial charge in [-0.2, -0.15) is 4.68 Å². The quantitative estimate of drug-likeness (QED) is 0.737. The fourth-order valence-electron chi connectivity index (χ4n) is 1.71. The van der Waals surface area contributed by atoms with Crippen LogP contribution in [0.2, 0.25) is 0 Å². The number of benzene rings is 1. The molecule has 0 fully saturated rings. The number of aromatic nitrogens is 5. The normalized spacial score (nSPS) is 10.6. The summed E-state index contributed by atoms with van der Waals surface area (Å²) in [6.07, 6.45) is 1.70. The lowest BCUT2D eigenvalue weighted by molar-refractivity contribution is 0.756. The molecule has 0 bridgehead atoms. The van der Waals surface area contributed by atoms with E-state index in [1.165, 1.54) is 11.8 Å². The van der Waals surface area contributed by atoms with Crippen LogP contribution in [0.1, 0.15) is 5.69 Å². The smallest absolute Gasteiger partial charge is 0.214 e. The van der Waals surface area contributed by atoms with Crippen molar-refractivity contribution in [3.63, 3.8) is 0 Å². The third-order valence-electron chi connectivity index (χ3n) is 2.63. The molecular weight excluding hydrogens is 272 g/mol. The van der Waals surface area contributed by atoms with Gasteiger partial charge in [-0.25, -0.2) is 0 Å². The number of hydrogen-bond donors (Lipinski definition) is 1. The van der Waals surface area contributed by atoms with Crippen molar-refractivity contribution in [2.24, 2.45) is 0 Å². The molecule has 2 heterocycles. The van der Waals surface area contributed by atoms with Gasteiger partial charge in [0.2, 0.25) is 5.16 Å². The Morgan fingerprint density at radius 1 is 1.15 bits per heavy atom. The van der Waals surface area contributed by atoms with Crippen LogP contribution in [0, 0.1) is 0 Å². The Bertz CT molecular complexity index is 697. The van der Waals surface area contributed by atoms with E-state index in [0.29, 0.717) is 11.4 Å². The number of hydrogen-bond acceptors (Lipinski definition) is 6. The van der Waals surface area contributed by atoms with Crippen LogP contribution in [0.5, 0.6) is 0 Å². The highest BCUT2D eigenvalue weighted by atomic mass is 32.2. The first-order valence-corrected chi connectivity index (χ1v) is 6.98. The van der Waals surface area contributed by atoms with Crippen molar-refractivity contribution in [3.8, 4) is 5.69 Å². The summed E-state index contributed by atoms with van der Waals surface area (Å²) in [6, 6.07) is 13.4. The van der Waals surface area contributed by atoms with E-state index in [-0.39, 0.29) is 0 Å². The Balaban J connectivity index is 1.78. The zero-order chi connectivity index (χ0) is 13.8. The zero-order valence-electron chi connectivity index (χ0n) is 10.5. The number of pyridine rings is 1. The summed E-state index contributed by atoms with van der Waals surface area (Å²) in [4.78, 5) is 4.26. The number of para-hydroxylation sites is 1. The Morgan fingerprint density at radius 3 is 2.80 bits per heavy atom. The van der Waals surface area contributed by atoms with Gasteiger partial charge in [-0.05, 0) is 34.7 Å². The average Bonchev–Trinajstić information content (AvgIpc) is 2.95. The van der Waals surface area contributed by atoms with Crippen LogP contribution < -0.4 is 5.73 Å². The lowest BCUT2D eigenvalue weighted by Crippen LogP contribution is -1.99. The molecule has 2 N–H and O–H groups in total. The molecule has 0 aliphatic carbocycles. The van der Waals surface area contributed by atoms with Crippen molar-refractivity contribution in [2.75, 3.05) is 5.73 Å². The van der Waals surface area contributed by atoms with E-state index in [1.807, 2.05) is 36.4 Å². The topological polar surface area (TPSA) is 82.5 Å². The fourth-order valence-corrected chi connectivity index (χ4v) is 2.51. The number of nitrogens with zero attached hydrogens (tertiary/aromatic N) is 5. The highest BCUT2D eigenvalue weighted by molar-refractivity contribution is 7.98. The molecule has 20 heavy (non-hydrogen) atoms. The van der Waals surface area contributed by atoms with Gasteiger partial charge in [0.1, 0.15) is 0 Å². The van der Waals surface area contributed by atoms with Gasteiger partial charge in [-0.3, -0.25) is 4.98 Å². The molecule has 0 unspecified atom stereocenters. The number of rotatable bonds is 4. The van der Waals surface area contributed by atoms with Crippen LogP contribution in [0.4, 0.5) is 5.69 Å². The minimum Gasteiger partial charge on any atom is -0.399 e. The van der Waals surface area contributed by atoms with Crippen LogP contribution in [-0.2, 0) is 5.75 Å². The SMILES string of the molecule is Nc1ccnc(CSc2nnnn2-c2ccccc2)c1. The minimum atomic E-state index is 0.665. The van der Waals surface area contributed by atoms with Crippen molar-refractivity contribution in [3.05, 3.63) is 54.4 Å². The van der Waals surface area contributed by atoms with Crippen molar-refractivity contribution < 1.29 is 0 Å². The summed E-state index contributed by atoms with van der Waals surface area (Å²) in [5.74, 6) is 0.665. The van der Waals surface area contributed by atoms with Crippen molar-refractivity contribution in [1.82, 2.24) is 25.2 Å². The molecule has 1 aromatic carbocycles. The van der Waals surface area contributed by atoms with Crippen molar-refractivity contribution in [1.29, 1.82) is 0 Å². The van der Waals surface area contributed by atoms with Gasteiger partial charge >= 0.3 is 0 Å². The predicted octanol–water partition coefficient (Wildman–Crippen LogP) is 1.93. The maximum absolute atomic E-state index is 5.73. The lowest BCUT2D eigenvalue weighted by atomic mass is 10.3. The fraction of sp³-hybridized carbons (Fsp3) is 0.0769. The van der Waals surface area contributed by atoms with Crippen molar-refractivity contribution >= 4 is 17.4 Å². The third kappa shape index (κ3) is 2.77. The summed E-state index contributed by atoms with van der Waals surface area (Å²) < 4.78 is 1.71. The highest BCUT2D eigenvalue weighted by Crippen LogP contribution is 2.22. The van der Waals surface area contributed by atoms with E-state index in [1.54, 1.807) is 16.9 Å². The molecule has 100 valence electrons. The maximum atomic E-state index is 5.73. The van der Waals surface area contributed by atoms with Gasteiger partial charge in [0.05, 0.1) is 11.4 Å². The van der Waals surface area contributed by atoms with Gasteiger partial charge in [-0.1, -0.05) is 30.0 Å². The van der Waals surface area contributed by atoms with Gasteiger partial charge < -0.3 is 5.73 Å². The molecule has 0 saturated carbocycles. The summed E-state index contributed by atoms with van der Waals surface area (Å²) in [5.41, 5.74) is 8.27. The standard InChI is InChI=1S/C13H12N6S/c14-10-6-7-15-11(8-10)9-20-13-16-17-18-19(13)12-4-2-1-3-5-12/h1-8H,9H2,(H2,14,15). The van der Waals surface area contributed by atoms with Gasteiger partial charge in [0.25, 0.3) is 0 Å². The summed E-state index contributed by atoms with van der Waals surface area (Å²) >= 11 is 1.52. The molecule has 3 rings (SSSR count). The molecule has 0 atom stereocenters. The van der Waals surface area contributed by atoms with E-state index in [4.69, 9.17) is 5.73 Å². The number of nitrogen functional groups attached to an aromatic ring is 1. The van der Waals surface area contributed by atoms with E-state index in [9.17, 15) is 0 Å². The third-order valence-corrected chi connectivity index (χ3v) is 3.58. The molecule has 3 aromatic rings. The Hall–Kier alpha value is -2.41. The molecule has 0 spiro atoms. The maximum Gasteiger partial charge on any atom is 0.214 e. The van der Waals surface area contributed by atoms with Gasteiger partial charge in [0, 0.05) is 17.6 Å². The van der Waals surface area contributed by atoms with Crippen molar-refractivity contribution in [2.45, 2.75) is 10.9 Å². The minimum absolute atomic E-state index is 0.665. The number of anilines is 1. The zero-order valence-corrected chi connectivity index (χ0v) is 11.4. The summed E-state index contributed by atoms with van der Waals surface area (Å²) in [7, 11) is 0. The van der Waals surface area contributed by atoms with E-state index >= 15 is 0 Å². The first kappa shape index (κ1) is 12.6. The van der Waals surface area contributed by atoms with Gasteiger partial charge in [-0.15, -0.1) is 5.10 Å². The largest absolute Gasteiger partial charge is 0.399 e. The van der Waals surface area contributed by atoms with Crippen LogP contribution in [-0.4, -0.2) is 25.2 Å². The molecule has 6 nitrogen and oxygen atoms in total. The number of thioether (sulfide) groups is 1. The molecule has 0 amide bonds. The predicted molar refractivity (Wildman–Crippen MR) is 77.4 cm³/mol. The second kappa shape index (κ2) is 5.70. The average molecular weight is 284 g/mol. The molecule has 0 saturated heterocycles. The summed E-state index contributed by atoms with van der Waals surface area (Å²) in [5, 5.41) is 12.5. The first-order chi connectivity index (χ1) is 9.83. The Labute approximate surface area is 120 Å². The number of tetrazole rings is 1. The molecule has 0 aliphatic heterocycles. The molecule has 2 aromatic heterocycles. The van der Waals surface area contributed by atoms with Crippen LogP contribution in [0.25, 0.3) is 5.69 Å².